The second kappa shape index (κ2) is 6.90. The Balaban J connectivity index is 2.49. The molecule has 1 saturated carbocycles. The molecule has 0 radical (unpaired) electrons. The Hall–Kier alpha value is 0.390. The van der Waals surface area contributed by atoms with E-state index in [0.29, 0.717) is 13.0 Å². The van der Waals surface area contributed by atoms with Gasteiger partial charge in [-0.3, -0.25) is 0 Å². The predicted octanol–water partition coefficient (Wildman–Crippen LogP) is 3.69. The van der Waals surface area contributed by atoms with Gasteiger partial charge in [0.25, 0.3) is 0 Å². The monoisotopic (exact) mass is 353 g/mol. The normalized spacial score (nSPS) is 20.4. The lowest BCUT2D eigenvalue weighted by Gasteiger charge is -2.35. The van der Waals surface area contributed by atoms with Crippen molar-refractivity contribution < 1.29 is 8.42 Å². The van der Waals surface area contributed by atoms with Crippen LogP contribution in [0.25, 0.3) is 0 Å². The number of nitrogens with one attached hydrogen (secondary N) is 1. The molecule has 1 aliphatic carbocycles. The Morgan fingerprint density at radius 1 is 1.16 bits per heavy atom. The van der Waals surface area contributed by atoms with Crippen molar-refractivity contribution in [2.24, 2.45) is 10.8 Å². The van der Waals surface area contributed by atoms with Crippen LogP contribution in [0.5, 0.6) is 0 Å². The van der Waals surface area contributed by atoms with Crippen LogP contribution in [0.4, 0.5) is 0 Å². The minimum Gasteiger partial charge on any atom is -0.215 e. The van der Waals surface area contributed by atoms with E-state index in [4.69, 9.17) is 0 Å². The first-order chi connectivity index (χ1) is 8.68. The molecule has 0 bridgehead atoms. The summed E-state index contributed by atoms with van der Waals surface area (Å²) in [7, 11) is -3.13. The standard InChI is InChI=1S/C14H28BrNO2S/c1-13(2,3)9-10-19(17,18)16-12-14(11-15)7-5-4-6-8-14/h16H,4-12H2,1-3H3. The largest absolute Gasteiger partial charge is 0.215 e. The van der Waals surface area contributed by atoms with E-state index < -0.39 is 10.0 Å². The summed E-state index contributed by atoms with van der Waals surface area (Å²) in [5, 5.41) is 0.891. The Bertz CT molecular complexity index is 367. The van der Waals surface area contributed by atoms with Gasteiger partial charge in [0.15, 0.2) is 0 Å². The average molecular weight is 354 g/mol. The highest BCUT2D eigenvalue weighted by Crippen LogP contribution is 2.37. The Morgan fingerprint density at radius 2 is 1.74 bits per heavy atom. The smallest absolute Gasteiger partial charge is 0.211 e. The van der Waals surface area contributed by atoms with Crippen LogP contribution in [0.3, 0.4) is 0 Å². The maximum absolute atomic E-state index is 12.1. The fourth-order valence-corrected chi connectivity index (χ4v) is 4.75. The first kappa shape index (κ1) is 17.4. The zero-order valence-electron chi connectivity index (χ0n) is 12.5. The van der Waals surface area contributed by atoms with Crippen LogP contribution in [0, 0.1) is 10.8 Å². The third kappa shape index (κ3) is 6.58. The molecule has 0 unspecified atom stereocenters. The van der Waals surface area contributed by atoms with E-state index in [-0.39, 0.29) is 16.6 Å². The highest BCUT2D eigenvalue weighted by atomic mass is 79.9. The second-order valence-corrected chi connectivity index (χ2v) is 9.63. The van der Waals surface area contributed by atoms with Crippen molar-refractivity contribution in [3.8, 4) is 0 Å². The highest BCUT2D eigenvalue weighted by molar-refractivity contribution is 9.09. The van der Waals surface area contributed by atoms with E-state index in [1.165, 1.54) is 19.3 Å². The van der Waals surface area contributed by atoms with Gasteiger partial charge in [-0.1, -0.05) is 56.0 Å². The molecule has 0 aromatic carbocycles. The van der Waals surface area contributed by atoms with Gasteiger partial charge in [-0.05, 0) is 30.1 Å². The van der Waals surface area contributed by atoms with Gasteiger partial charge in [-0.2, -0.15) is 0 Å². The van der Waals surface area contributed by atoms with Crippen LogP contribution in [0.1, 0.15) is 59.3 Å². The van der Waals surface area contributed by atoms with E-state index in [9.17, 15) is 8.42 Å². The SMILES string of the molecule is CC(C)(C)CCS(=O)(=O)NCC1(CBr)CCCCC1. The second-order valence-electron chi connectivity index (χ2n) is 7.14. The van der Waals surface area contributed by atoms with E-state index >= 15 is 0 Å². The molecule has 0 spiro atoms. The van der Waals surface area contributed by atoms with E-state index in [1.807, 2.05) is 0 Å². The summed E-state index contributed by atoms with van der Waals surface area (Å²) in [6, 6.07) is 0. The van der Waals surface area contributed by atoms with Crippen LogP contribution >= 0.6 is 15.9 Å². The maximum atomic E-state index is 12.1. The van der Waals surface area contributed by atoms with Crippen molar-refractivity contribution >= 4 is 26.0 Å². The Kier molecular flexibility index (Phi) is 6.33. The maximum Gasteiger partial charge on any atom is 0.211 e. The van der Waals surface area contributed by atoms with Gasteiger partial charge < -0.3 is 0 Å². The van der Waals surface area contributed by atoms with Crippen molar-refractivity contribution in [2.45, 2.75) is 59.3 Å². The van der Waals surface area contributed by atoms with Gasteiger partial charge in [0.1, 0.15) is 0 Å². The summed E-state index contributed by atoms with van der Waals surface area (Å²) in [6.07, 6.45) is 6.67. The van der Waals surface area contributed by atoms with Crippen LogP contribution in [0.2, 0.25) is 0 Å². The minimum absolute atomic E-state index is 0.0622. The fourth-order valence-electron chi connectivity index (χ4n) is 2.44. The summed E-state index contributed by atoms with van der Waals surface area (Å²) in [5.41, 5.74) is 0.194. The van der Waals surface area contributed by atoms with E-state index in [0.717, 1.165) is 18.2 Å². The highest BCUT2D eigenvalue weighted by Gasteiger charge is 2.32. The topological polar surface area (TPSA) is 46.2 Å². The molecule has 0 atom stereocenters. The summed E-state index contributed by atoms with van der Waals surface area (Å²) in [5.74, 6) is 0.231. The summed E-state index contributed by atoms with van der Waals surface area (Å²) in [4.78, 5) is 0. The van der Waals surface area contributed by atoms with Gasteiger partial charge >= 0.3 is 0 Å². The summed E-state index contributed by atoms with van der Waals surface area (Å²) >= 11 is 3.57. The van der Waals surface area contributed by atoms with E-state index in [1.54, 1.807) is 0 Å². The molecular weight excluding hydrogens is 326 g/mol. The molecule has 3 nitrogen and oxygen atoms in total. The predicted molar refractivity (Wildman–Crippen MR) is 85.2 cm³/mol. The van der Waals surface area contributed by atoms with Crippen LogP contribution in [-0.2, 0) is 10.0 Å². The number of halogens is 1. The molecule has 0 heterocycles. The molecule has 0 aromatic rings. The lowest BCUT2D eigenvalue weighted by atomic mass is 9.76. The van der Waals surface area contributed by atoms with Crippen LogP contribution < -0.4 is 4.72 Å². The minimum atomic E-state index is -3.13. The summed E-state index contributed by atoms with van der Waals surface area (Å²) in [6.45, 7) is 6.81. The van der Waals surface area contributed by atoms with Gasteiger partial charge in [-0.25, -0.2) is 13.1 Å². The van der Waals surface area contributed by atoms with Gasteiger partial charge in [0, 0.05) is 11.9 Å². The molecule has 1 rings (SSSR count). The van der Waals surface area contributed by atoms with Gasteiger partial charge in [0.05, 0.1) is 5.75 Å². The number of rotatable bonds is 6. The fraction of sp³-hybridized carbons (Fsp3) is 1.00. The molecular formula is C14H28BrNO2S. The Morgan fingerprint density at radius 3 is 2.21 bits per heavy atom. The number of hydrogen-bond acceptors (Lipinski definition) is 2. The van der Waals surface area contributed by atoms with Crippen molar-refractivity contribution in [1.82, 2.24) is 4.72 Å². The summed E-state index contributed by atoms with van der Waals surface area (Å²) < 4.78 is 26.9. The molecule has 1 fully saturated rings. The van der Waals surface area contributed by atoms with Crippen molar-refractivity contribution in [3.63, 3.8) is 0 Å². The Labute approximate surface area is 127 Å². The molecule has 114 valence electrons. The number of hydrogen-bond donors (Lipinski definition) is 1. The molecule has 0 aromatic heterocycles. The van der Waals surface area contributed by atoms with E-state index in [2.05, 4.69) is 41.4 Å². The molecule has 1 N–H and O–H groups in total. The zero-order chi connectivity index (χ0) is 14.6. The van der Waals surface area contributed by atoms with Crippen molar-refractivity contribution in [3.05, 3.63) is 0 Å². The number of alkyl halides is 1. The lowest BCUT2D eigenvalue weighted by Crippen LogP contribution is -2.41. The van der Waals surface area contributed by atoms with Crippen LogP contribution in [0.15, 0.2) is 0 Å². The van der Waals surface area contributed by atoms with Crippen LogP contribution in [-0.4, -0.2) is 26.0 Å². The average Bonchev–Trinajstić information content (AvgIpc) is 2.35. The first-order valence-electron chi connectivity index (χ1n) is 7.21. The molecule has 1 aliphatic rings. The molecule has 0 saturated heterocycles. The molecule has 0 amide bonds. The number of sulfonamides is 1. The molecule has 19 heavy (non-hydrogen) atoms. The van der Waals surface area contributed by atoms with Gasteiger partial charge in [0.2, 0.25) is 10.0 Å². The third-order valence-electron chi connectivity index (χ3n) is 3.99. The quantitative estimate of drug-likeness (QED) is 0.740. The molecule has 5 heteroatoms. The first-order valence-corrected chi connectivity index (χ1v) is 9.99. The third-order valence-corrected chi connectivity index (χ3v) is 6.50. The van der Waals surface area contributed by atoms with Gasteiger partial charge in [-0.15, -0.1) is 0 Å². The zero-order valence-corrected chi connectivity index (χ0v) is 14.9. The lowest BCUT2D eigenvalue weighted by molar-refractivity contribution is 0.227. The molecule has 0 aliphatic heterocycles. The van der Waals surface area contributed by atoms with Crippen molar-refractivity contribution in [2.75, 3.05) is 17.6 Å². The van der Waals surface area contributed by atoms with Crippen molar-refractivity contribution in [1.29, 1.82) is 0 Å².